The minimum atomic E-state index is -5.35. The molecule has 0 aliphatic rings. The Hall–Kier alpha value is -7.08. The highest BCUT2D eigenvalue weighted by Crippen LogP contribution is 2.52. The Labute approximate surface area is 400 Å². The first-order chi connectivity index (χ1) is 33.3. The molecule has 0 fully saturated rings. The van der Waals surface area contributed by atoms with E-state index in [0.29, 0.717) is 17.7 Å². The Bertz CT molecular complexity index is 3780. The molecule has 0 amide bonds. The Balaban J connectivity index is 1.40. The van der Waals surface area contributed by atoms with Gasteiger partial charge in [-0.3, -0.25) is 13.7 Å². The van der Waals surface area contributed by atoms with E-state index in [1.54, 1.807) is 30.3 Å². The Morgan fingerprint density at radius 1 is 0.543 bits per heavy atom. The van der Waals surface area contributed by atoms with E-state index >= 15 is 0 Å². The number of nitrogens with zero attached hydrogens (tertiary/aromatic N) is 7. The van der Waals surface area contributed by atoms with Crippen molar-refractivity contribution >= 4 is 133 Å². The third-order valence-corrected chi connectivity index (χ3v) is 13.4. The molecule has 70 heavy (non-hydrogen) atoms. The fourth-order valence-electron chi connectivity index (χ4n) is 6.78. The molecule has 0 unspecified atom stereocenters. The van der Waals surface area contributed by atoms with Crippen LogP contribution in [0.5, 0.6) is 11.8 Å². The number of benzene rings is 7. The van der Waals surface area contributed by atoms with E-state index < -0.39 is 85.2 Å². The number of phenolic OH excluding ortho intramolecular Hbond substituents is 1. The van der Waals surface area contributed by atoms with Crippen LogP contribution in [0.3, 0.4) is 0 Å². The Kier molecular flexibility index (Phi) is 14.2. The average Bonchev–Trinajstić information content (AvgIpc) is 3.30. The summed E-state index contributed by atoms with van der Waals surface area (Å²) in [5.41, 5.74) is -1.55. The molecule has 31 heteroatoms. The van der Waals surface area contributed by atoms with E-state index in [4.69, 9.17) is 10.5 Å². The predicted octanol–water partition coefficient (Wildman–Crippen LogP) is 9.66. The van der Waals surface area contributed by atoms with Gasteiger partial charge in [-0.15, -0.1) is 29.1 Å². The number of para-hydroxylation sites is 1. The number of rotatable bonds is 17. The number of azo groups is 2. The molecule has 1 aromatic heterocycles. The van der Waals surface area contributed by atoms with E-state index in [9.17, 15) is 49.1 Å². The standard InChI is InChI=1S/C39H27N9O17S5/c49-36-32-20(16-29(67-65-63-52)33(36)47-46-28-18-22(66-64-62-51)14-19-15-23(68(53,54)55)12-13-24(19)28)17-31(70(59,60)61)34(48-45-27-10-4-9-26-25(27)8-5-11-30(26)69(56,57)58)35(32)41-38-42-37(43-39(50)44-38)40-21-6-2-1-3-7-21/h1-18,49,51-52H,(H,53,54,55)(H,56,57,58)(H,59,60,61)(H3,40,41,42,43,44,50)/b47-46+,48-45+. The number of hydrogen-bond acceptors (Lipinski definition) is 25. The maximum absolute atomic E-state index is 13.3. The van der Waals surface area contributed by atoms with E-state index in [2.05, 4.69) is 64.8 Å². The van der Waals surface area contributed by atoms with Crippen molar-refractivity contribution in [3.8, 4) is 11.8 Å². The molecular weight excluding hydrogens is 1030 g/mol. The minimum Gasteiger partial charge on any atom is -0.505 e. The molecule has 0 aliphatic heterocycles. The van der Waals surface area contributed by atoms with Gasteiger partial charge >= 0.3 is 6.01 Å². The fraction of sp³-hybridized carbons (Fsp3) is 0. The predicted molar refractivity (Wildman–Crippen MR) is 247 cm³/mol. The van der Waals surface area contributed by atoms with Crippen LogP contribution in [-0.2, 0) is 49.1 Å². The van der Waals surface area contributed by atoms with Gasteiger partial charge in [0, 0.05) is 26.7 Å². The zero-order valence-electron chi connectivity index (χ0n) is 34.3. The molecule has 9 N–H and O–H groups in total. The van der Waals surface area contributed by atoms with E-state index in [1.807, 2.05) is 0 Å². The molecular formula is C39H27N9O17S5. The molecule has 1 heterocycles. The summed E-state index contributed by atoms with van der Waals surface area (Å²) in [5.74, 6) is -1.66. The van der Waals surface area contributed by atoms with Crippen LogP contribution in [0.15, 0.2) is 154 Å². The van der Waals surface area contributed by atoms with Crippen LogP contribution in [0.1, 0.15) is 0 Å². The molecule has 0 saturated heterocycles. The van der Waals surface area contributed by atoms with Gasteiger partial charge < -0.3 is 20.8 Å². The molecule has 0 aliphatic carbocycles. The van der Waals surface area contributed by atoms with Crippen molar-refractivity contribution in [1.29, 1.82) is 0 Å². The van der Waals surface area contributed by atoms with Crippen molar-refractivity contribution in [2.24, 2.45) is 20.5 Å². The Morgan fingerprint density at radius 2 is 1.20 bits per heavy atom. The lowest BCUT2D eigenvalue weighted by molar-refractivity contribution is -0.432. The maximum Gasteiger partial charge on any atom is 0.320 e. The van der Waals surface area contributed by atoms with Gasteiger partial charge in [-0.05, 0) is 71.4 Å². The topological polar surface area (TPSA) is 393 Å². The van der Waals surface area contributed by atoms with Gasteiger partial charge in [0.2, 0.25) is 11.9 Å². The zero-order valence-corrected chi connectivity index (χ0v) is 38.4. The molecule has 0 bridgehead atoms. The number of hydrogen-bond donors (Lipinski definition) is 9. The van der Waals surface area contributed by atoms with E-state index in [0.717, 1.165) is 30.3 Å². The van der Waals surface area contributed by atoms with Gasteiger partial charge in [0.25, 0.3) is 30.4 Å². The van der Waals surface area contributed by atoms with Crippen LogP contribution in [0.2, 0.25) is 0 Å². The van der Waals surface area contributed by atoms with Crippen molar-refractivity contribution < 1.29 is 78.4 Å². The summed E-state index contributed by atoms with van der Waals surface area (Å²) in [6.07, 6.45) is 0. The average molecular weight is 1050 g/mol. The maximum atomic E-state index is 13.3. The molecule has 8 aromatic rings. The summed E-state index contributed by atoms with van der Waals surface area (Å²) in [5, 5.41) is 70.6. The summed E-state index contributed by atoms with van der Waals surface area (Å²) in [6.45, 7) is 0. The molecule has 7 aromatic carbocycles. The van der Waals surface area contributed by atoms with Crippen molar-refractivity contribution in [1.82, 2.24) is 15.0 Å². The SMILES string of the molecule is O=S(=O)(O)c1ccc2c(/N=N/c3c(SOOO)cc4cc(S(=O)(=O)O)c(/N=N/c5cccc6c(S(=O)(=O)O)cccc56)c(Nc5nc(O)nc(Nc6ccccc6)n5)c4c3O)cc(SOOO)cc2c1. The number of fused-ring (bicyclic) bond motifs is 3. The van der Waals surface area contributed by atoms with Gasteiger partial charge in [0.05, 0.1) is 56.3 Å². The second kappa shape index (κ2) is 20.1. The first-order valence-electron chi connectivity index (χ1n) is 18.9. The lowest BCUT2D eigenvalue weighted by Crippen LogP contribution is -2.06. The van der Waals surface area contributed by atoms with Crippen molar-refractivity contribution in [3.05, 3.63) is 109 Å². The van der Waals surface area contributed by atoms with E-state index in [-0.39, 0.29) is 66.1 Å². The highest BCUT2D eigenvalue weighted by atomic mass is 32.2. The number of aromatic nitrogens is 3. The van der Waals surface area contributed by atoms with Crippen LogP contribution in [0.25, 0.3) is 32.3 Å². The molecule has 26 nitrogen and oxygen atoms in total. The van der Waals surface area contributed by atoms with Crippen LogP contribution in [-0.4, -0.2) is 74.6 Å². The summed E-state index contributed by atoms with van der Waals surface area (Å²) >= 11 is 0.661. The normalized spacial score (nSPS) is 12.5. The largest absolute Gasteiger partial charge is 0.505 e. The molecule has 8 rings (SSSR count). The lowest BCUT2D eigenvalue weighted by atomic mass is 10.0. The quantitative estimate of drug-likeness (QED) is 0.0135. The van der Waals surface area contributed by atoms with Gasteiger partial charge in [-0.1, -0.05) is 58.6 Å². The second-order valence-corrected chi connectivity index (χ2v) is 19.6. The summed E-state index contributed by atoms with van der Waals surface area (Å²) in [7, 11) is -14.8. The first kappa shape index (κ1) is 49.3. The molecule has 0 atom stereocenters. The highest BCUT2D eigenvalue weighted by molar-refractivity contribution is 7.95. The van der Waals surface area contributed by atoms with Crippen LogP contribution >= 0.6 is 24.1 Å². The van der Waals surface area contributed by atoms with Gasteiger partial charge in [0.1, 0.15) is 21.2 Å². The van der Waals surface area contributed by atoms with Crippen molar-refractivity contribution in [2.45, 2.75) is 24.5 Å². The number of nitrogens with one attached hydrogen (secondary N) is 2. The summed E-state index contributed by atoms with van der Waals surface area (Å²) in [4.78, 5) is 9.93. The smallest absolute Gasteiger partial charge is 0.320 e. The first-order valence-corrected chi connectivity index (χ1v) is 24.7. The van der Waals surface area contributed by atoms with Crippen LogP contribution < -0.4 is 10.6 Å². The third kappa shape index (κ3) is 10.9. The molecule has 360 valence electrons. The summed E-state index contributed by atoms with van der Waals surface area (Å²) in [6, 6.07) is 23.6. The monoisotopic (exact) mass is 1050 g/mol. The highest BCUT2D eigenvalue weighted by Gasteiger charge is 2.28. The molecule has 0 radical (unpaired) electrons. The summed E-state index contributed by atoms with van der Waals surface area (Å²) < 4.78 is 115. The fourth-order valence-corrected chi connectivity index (χ4v) is 9.61. The number of aromatic hydroxyl groups is 2. The molecule has 0 saturated carbocycles. The van der Waals surface area contributed by atoms with Crippen LogP contribution in [0, 0.1) is 0 Å². The molecule has 0 spiro atoms. The van der Waals surface area contributed by atoms with Crippen molar-refractivity contribution in [3.63, 3.8) is 0 Å². The van der Waals surface area contributed by atoms with Crippen molar-refractivity contribution in [2.75, 3.05) is 10.6 Å². The minimum absolute atomic E-state index is 0.00999. The Morgan fingerprint density at radius 3 is 1.90 bits per heavy atom. The third-order valence-electron chi connectivity index (χ3n) is 9.59. The van der Waals surface area contributed by atoms with Gasteiger partial charge in [0.15, 0.2) is 5.75 Å². The number of phenols is 1. The zero-order chi connectivity index (χ0) is 50.0. The number of anilines is 4. The van der Waals surface area contributed by atoms with Crippen LogP contribution in [0.4, 0.5) is 46.0 Å². The lowest BCUT2D eigenvalue weighted by Gasteiger charge is -2.17. The van der Waals surface area contributed by atoms with Gasteiger partial charge in [-0.25, -0.2) is 10.5 Å². The second-order valence-electron chi connectivity index (χ2n) is 13.9. The van der Waals surface area contributed by atoms with E-state index in [1.165, 1.54) is 48.5 Å². The van der Waals surface area contributed by atoms with Gasteiger partial charge in [-0.2, -0.15) is 40.2 Å².